The van der Waals surface area contributed by atoms with Gasteiger partial charge in [0.05, 0.1) is 11.3 Å². The maximum atomic E-state index is 13.0. The zero-order chi connectivity index (χ0) is 16.2. The van der Waals surface area contributed by atoms with Gasteiger partial charge in [-0.05, 0) is 19.0 Å². The summed E-state index contributed by atoms with van der Waals surface area (Å²) < 4.78 is 39.0. The van der Waals surface area contributed by atoms with Gasteiger partial charge in [-0.1, -0.05) is 18.2 Å². The highest BCUT2D eigenvalue weighted by molar-refractivity contribution is 7.14. The van der Waals surface area contributed by atoms with Crippen LogP contribution in [0.5, 0.6) is 0 Å². The average Bonchev–Trinajstić information content (AvgIpc) is 2.92. The average molecular weight is 366 g/mol. The van der Waals surface area contributed by atoms with Crippen LogP contribution in [0, 0.1) is 0 Å². The molecule has 2 aromatic rings. The molecule has 0 saturated carbocycles. The Hall–Kier alpha value is -1.64. The van der Waals surface area contributed by atoms with Crippen LogP contribution in [0.3, 0.4) is 0 Å². The molecule has 0 aliphatic rings. The molecule has 9 heteroatoms. The first-order chi connectivity index (χ1) is 10.4. The van der Waals surface area contributed by atoms with Gasteiger partial charge in [0.15, 0.2) is 5.13 Å². The number of thiazole rings is 1. The lowest BCUT2D eigenvalue weighted by Crippen LogP contribution is -2.13. The summed E-state index contributed by atoms with van der Waals surface area (Å²) in [6, 6.07) is 5.21. The Morgan fingerprint density at radius 2 is 2.00 bits per heavy atom. The van der Waals surface area contributed by atoms with E-state index in [4.69, 9.17) is 5.73 Å². The van der Waals surface area contributed by atoms with Crippen LogP contribution in [0.15, 0.2) is 29.6 Å². The lowest BCUT2D eigenvalue weighted by atomic mass is 10.1. The molecule has 0 aliphatic carbocycles. The van der Waals surface area contributed by atoms with E-state index in [0.29, 0.717) is 13.0 Å². The van der Waals surface area contributed by atoms with E-state index < -0.39 is 11.7 Å². The number of amides is 1. The van der Waals surface area contributed by atoms with Crippen LogP contribution in [0.4, 0.5) is 18.3 Å². The number of hydrogen-bond donors (Lipinski definition) is 2. The summed E-state index contributed by atoms with van der Waals surface area (Å²) in [7, 11) is 0. The summed E-state index contributed by atoms with van der Waals surface area (Å²) in [6.45, 7) is 0.398. The first-order valence-electron chi connectivity index (χ1n) is 6.54. The number of hydrogen-bond acceptors (Lipinski definition) is 4. The van der Waals surface area contributed by atoms with Crippen molar-refractivity contribution in [3.63, 3.8) is 0 Å². The summed E-state index contributed by atoms with van der Waals surface area (Å²) >= 11 is 1.08. The molecule has 0 fully saturated rings. The second-order valence-corrected chi connectivity index (χ2v) is 5.38. The molecule has 0 atom stereocenters. The Labute approximate surface area is 141 Å². The predicted octanol–water partition coefficient (Wildman–Crippen LogP) is 3.93. The maximum absolute atomic E-state index is 13.0. The summed E-state index contributed by atoms with van der Waals surface area (Å²) in [5, 5.41) is 4.32. The molecule has 3 N–H and O–H groups in total. The normalized spacial score (nSPS) is 11.0. The fourth-order valence-corrected chi connectivity index (χ4v) is 2.58. The van der Waals surface area contributed by atoms with E-state index in [-0.39, 0.29) is 41.1 Å². The molecule has 1 aromatic heterocycles. The van der Waals surface area contributed by atoms with Gasteiger partial charge in [-0.15, -0.1) is 23.7 Å². The smallest absolute Gasteiger partial charge is 0.330 e. The van der Waals surface area contributed by atoms with Crippen molar-refractivity contribution in [2.24, 2.45) is 5.73 Å². The zero-order valence-corrected chi connectivity index (χ0v) is 13.5. The molecule has 0 saturated heterocycles. The Balaban J connectivity index is 0.00000264. The van der Waals surface area contributed by atoms with E-state index in [1.165, 1.54) is 23.6 Å². The van der Waals surface area contributed by atoms with Crippen LogP contribution in [0.2, 0.25) is 0 Å². The number of aromatic nitrogens is 1. The quantitative estimate of drug-likeness (QED) is 0.843. The highest BCUT2D eigenvalue weighted by Gasteiger charge is 2.33. The molecule has 0 spiro atoms. The first-order valence-corrected chi connectivity index (χ1v) is 7.42. The molecule has 4 nitrogen and oxygen atoms in total. The minimum Gasteiger partial charge on any atom is -0.330 e. The van der Waals surface area contributed by atoms with Crippen molar-refractivity contribution in [3.8, 4) is 11.3 Å². The van der Waals surface area contributed by atoms with E-state index in [1.807, 2.05) is 0 Å². The van der Waals surface area contributed by atoms with E-state index in [2.05, 4.69) is 10.3 Å². The molecule has 0 aliphatic heterocycles. The number of nitrogens with zero attached hydrogens (tertiary/aromatic N) is 1. The second kappa shape index (κ2) is 8.28. The van der Waals surface area contributed by atoms with Gasteiger partial charge in [0.25, 0.3) is 0 Å². The Bertz CT molecular complexity index is 661. The van der Waals surface area contributed by atoms with Crippen molar-refractivity contribution in [1.29, 1.82) is 0 Å². The third-order valence-corrected chi connectivity index (χ3v) is 3.62. The van der Waals surface area contributed by atoms with Crippen LogP contribution in [-0.2, 0) is 11.0 Å². The molecule has 1 heterocycles. The van der Waals surface area contributed by atoms with Crippen molar-refractivity contribution < 1.29 is 18.0 Å². The molecule has 0 bridgehead atoms. The third kappa shape index (κ3) is 5.19. The number of anilines is 1. The molecule has 23 heavy (non-hydrogen) atoms. The molecular weight excluding hydrogens is 351 g/mol. The molecule has 126 valence electrons. The van der Waals surface area contributed by atoms with E-state index in [9.17, 15) is 18.0 Å². The van der Waals surface area contributed by atoms with Crippen LogP contribution >= 0.6 is 23.7 Å². The van der Waals surface area contributed by atoms with Crippen molar-refractivity contribution in [3.05, 3.63) is 35.2 Å². The number of alkyl halides is 3. The first kappa shape index (κ1) is 19.4. The minimum atomic E-state index is -4.45. The van der Waals surface area contributed by atoms with E-state index >= 15 is 0 Å². The zero-order valence-electron chi connectivity index (χ0n) is 11.9. The SMILES string of the molecule is Cl.NCCCC(=O)Nc1nc(-c2ccccc2C(F)(F)F)cs1. The largest absolute Gasteiger partial charge is 0.417 e. The van der Waals surface area contributed by atoms with Crippen molar-refractivity contribution in [1.82, 2.24) is 4.98 Å². The Morgan fingerprint density at radius 1 is 1.30 bits per heavy atom. The summed E-state index contributed by atoms with van der Waals surface area (Å²) in [5.41, 5.74) is 4.74. The van der Waals surface area contributed by atoms with Gasteiger partial charge < -0.3 is 11.1 Å². The number of nitrogens with one attached hydrogen (secondary N) is 1. The number of halogens is 4. The lowest BCUT2D eigenvalue weighted by Gasteiger charge is -2.10. The van der Waals surface area contributed by atoms with Crippen LogP contribution < -0.4 is 11.1 Å². The maximum Gasteiger partial charge on any atom is 0.417 e. The van der Waals surface area contributed by atoms with Gasteiger partial charge in [-0.3, -0.25) is 4.79 Å². The highest BCUT2D eigenvalue weighted by atomic mass is 35.5. The van der Waals surface area contributed by atoms with Crippen LogP contribution in [-0.4, -0.2) is 17.4 Å². The Kier molecular flexibility index (Phi) is 6.99. The summed E-state index contributed by atoms with van der Waals surface area (Å²) in [6.07, 6.45) is -3.66. The number of carbonyl (C=O) groups is 1. The second-order valence-electron chi connectivity index (χ2n) is 4.52. The number of rotatable bonds is 5. The topological polar surface area (TPSA) is 68.0 Å². The molecule has 1 aromatic carbocycles. The molecule has 1 amide bonds. The van der Waals surface area contributed by atoms with Crippen molar-refractivity contribution in [2.75, 3.05) is 11.9 Å². The van der Waals surface area contributed by atoms with Crippen molar-refractivity contribution >= 4 is 34.8 Å². The summed E-state index contributed by atoms with van der Waals surface area (Å²) in [5.74, 6) is -0.254. The van der Waals surface area contributed by atoms with Gasteiger partial charge in [0, 0.05) is 17.4 Å². The van der Waals surface area contributed by atoms with E-state index in [0.717, 1.165) is 17.4 Å². The van der Waals surface area contributed by atoms with Crippen LogP contribution in [0.1, 0.15) is 18.4 Å². The number of carbonyl (C=O) groups excluding carboxylic acids is 1. The highest BCUT2D eigenvalue weighted by Crippen LogP contribution is 2.37. The van der Waals surface area contributed by atoms with Crippen molar-refractivity contribution in [2.45, 2.75) is 19.0 Å². The minimum absolute atomic E-state index is 0. The summed E-state index contributed by atoms with van der Waals surface area (Å²) in [4.78, 5) is 15.6. The molecular formula is C14H15ClF3N3OS. The molecule has 0 unspecified atom stereocenters. The van der Waals surface area contributed by atoms with Crippen LogP contribution in [0.25, 0.3) is 11.3 Å². The molecule has 0 radical (unpaired) electrons. The third-order valence-electron chi connectivity index (χ3n) is 2.87. The number of benzene rings is 1. The fourth-order valence-electron chi connectivity index (χ4n) is 1.85. The lowest BCUT2D eigenvalue weighted by molar-refractivity contribution is -0.137. The van der Waals surface area contributed by atoms with E-state index in [1.54, 1.807) is 0 Å². The molecule has 2 rings (SSSR count). The van der Waals surface area contributed by atoms with Gasteiger partial charge in [-0.25, -0.2) is 4.98 Å². The predicted molar refractivity (Wildman–Crippen MR) is 86.7 cm³/mol. The van der Waals surface area contributed by atoms with Gasteiger partial charge >= 0.3 is 6.18 Å². The van der Waals surface area contributed by atoms with Gasteiger partial charge in [0.1, 0.15) is 0 Å². The fraction of sp³-hybridized carbons (Fsp3) is 0.286. The Morgan fingerprint density at radius 3 is 2.65 bits per heavy atom. The monoisotopic (exact) mass is 365 g/mol. The number of nitrogens with two attached hydrogens (primary N) is 1. The van der Waals surface area contributed by atoms with Gasteiger partial charge in [-0.2, -0.15) is 13.2 Å². The van der Waals surface area contributed by atoms with Gasteiger partial charge in [0.2, 0.25) is 5.91 Å². The standard InChI is InChI=1S/C14H14F3N3OS.ClH/c15-14(16,17)10-5-2-1-4-9(10)11-8-22-13(19-11)20-12(21)6-3-7-18;/h1-2,4-5,8H,3,6-7,18H2,(H,19,20,21);1H.